The SMILES string of the molecule is CCNc1ncnc(Nc2cc(Cl)ccc2Br)c1CC. The second-order valence-corrected chi connectivity index (χ2v) is 5.47. The van der Waals surface area contributed by atoms with Crippen LogP contribution in [0.25, 0.3) is 0 Å². The van der Waals surface area contributed by atoms with Crippen molar-refractivity contribution >= 4 is 44.9 Å². The fourth-order valence-corrected chi connectivity index (χ4v) is 2.41. The molecule has 0 saturated heterocycles. The zero-order valence-corrected chi connectivity index (χ0v) is 13.7. The fraction of sp³-hybridized carbons (Fsp3) is 0.286. The van der Waals surface area contributed by atoms with E-state index in [1.165, 1.54) is 0 Å². The minimum Gasteiger partial charge on any atom is -0.370 e. The average Bonchev–Trinajstić information content (AvgIpc) is 2.43. The molecule has 0 radical (unpaired) electrons. The summed E-state index contributed by atoms with van der Waals surface area (Å²) in [4.78, 5) is 8.61. The monoisotopic (exact) mass is 354 g/mol. The summed E-state index contributed by atoms with van der Waals surface area (Å²) < 4.78 is 0.938. The molecule has 0 amide bonds. The summed E-state index contributed by atoms with van der Waals surface area (Å²) in [5, 5.41) is 7.23. The second-order valence-electron chi connectivity index (χ2n) is 4.18. The van der Waals surface area contributed by atoms with Crippen molar-refractivity contribution in [3.63, 3.8) is 0 Å². The number of aromatic nitrogens is 2. The van der Waals surface area contributed by atoms with Crippen molar-refractivity contribution < 1.29 is 0 Å². The summed E-state index contributed by atoms with van der Waals surface area (Å²) in [6, 6.07) is 5.60. The van der Waals surface area contributed by atoms with Crippen molar-refractivity contribution in [1.82, 2.24) is 9.97 Å². The molecule has 0 bridgehead atoms. The molecule has 20 heavy (non-hydrogen) atoms. The van der Waals surface area contributed by atoms with Gasteiger partial charge in [-0.15, -0.1) is 0 Å². The Balaban J connectivity index is 2.37. The minimum absolute atomic E-state index is 0.676. The number of rotatable bonds is 5. The first-order valence-electron chi connectivity index (χ1n) is 6.45. The van der Waals surface area contributed by atoms with Gasteiger partial charge in [-0.1, -0.05) is 18.5 Å². The molecular weight excluding hydrogens is 340 g/mol. The van der Waals surface area contributed by atoms with E-state index in [9.17, 15) is 0 Å². The van der Waals surface area contributed by atoms with Gasteiger partial charge in [-0.25, -0.2) is 9.97 Å². The highest BCUT2D eigenvalue weighted by Gasteiger charge is 2.11. The summed E-state index contributed by atoms with van der Waals surface area (Å²) in [7, 11) is 0. The van der Waals surface area contributed by atoms with Gasteiger partial charge in [0, 0.05) is 21.6 Å². The third-order valence-corrected chi connectivity index (χ3v) is 3.75. The van der Waals surface area contributed by atoms with Crippen molar-refractivity contribution in [3.8, 4) is 0 Å². The van der Waals surface area contributed by atoms with Crippen molar-refractivity contribution in [1.29, 1.82) is 0 Å². The van der Waals surface area contributed by atoms with E-state index in [1.54, 1.807) is 6.33 Å². The Bertz CT molecular complexity index is 604. The molecule has 1 aromatic heterocycles. The summed E-state index contributed by atoms with van der Waals surface area (Å²) in [6.45, 7) is 4.95. The molecule has 2 aromatic rings. The topological polar surface area (TPSA) is 49.8 Å². The molecule has 0 aliphatic rings. The maximum atomic E-state index is 6.03. The Morgan fingerprint density at radius 1 is 1.20 bits per heavy atom. The van der Waals surface area contributed by atoms with Crippen molar-refractivity contribution in [2.45, 2.75) is 20.3 Å². The molecule has 0 fully saturated rings. The normalized spacial score (nSPS) is 10.4. The maximum absolute atomic E-state index is 6.03. The number of hydrogen-bond acceptors (Lipinski definition) is 4. The molecule has 106 valence electrons. The van der Waals surface area contributed by atoms with Gasteiger partial charge in [-0.05, 0) is 47.5 Å². The predicted molar refractivity (Wildman–Crippen MR) is 88.0 cm³/mol. The van der Waals surface area contributed by atoms with Gasteiger partial charge in [0.05, 0.1) is 5.69 Å². The van der Waals surface area contributed by atoms with Crippen LogP contribution < -0.4 is 10.6 Å². The molecule has 1 heterocycles. The van der Waals surface area contributed by atoms with Gasteiger partial charge in [-0.3, -0.25) is 0 Å². The van der Waals surface area contributed by atoms with E-state index in [4.69, 9.17) is 11.6 Å². The first-order chi connectivity index (χ1) is 9.65. The molecule has 1 aromatic carbocycles. The van der Waals surface area contributed by atoms with Crippen LogP contribution in [0, 0.1) is 0 Å². The first-order valence-corrected chi connectivity index (χ1v) is 7.62. The van der Waals surface area contributed by atoms with E-state index in [2.05, 4.69) is 43.5 Å². The number of anilines is 3. The van der Waals surface area contributed by atoms with Crippen LogP contribution in [0.3, 0.4) is 0 Å². The predicted octanol–water partition coefficient (Wildman–Crippen LogP) is 4.63. The van der Waals surface area contributed by atoms with Crippen LogP contribution in [-0.2, 0) is 6.42 Å². The first kappa shape index (κ1) is 15.1. The van der Waals surface area contributed by atoms with E-state index in [0.29, 0.717) is 5.02 Å². The molecule has 0 spiro atoms. The van der Waals surface area contributed by atoms with E-state index in [1.807, 2.05) is 25.1 Å². The summed E-state index contributed by atoms with van der Waals surface area (Å²) >= 11 is 9.54. The Morgan fingerprint density at radius 2 is 1.95 bits per heavy atom. The molecule has 0 atom stereocenters. The standard InChI is InChI=1S/C14H16BrClN4/c1-3-10-13(17-4-2)18-8-19-14(10)20-12-7-9(16)5-6-11(12)15/h5-8H,3-4H2,1-2H3,(H2,17,18,19,20). The van der Waals surface area contributed by atoms with Gasteiger partial charge < -0.3 is 10.6 Å². The summed E-state index contributed by atoms with van der Waals surface area (Å²) in [5.74, 6) is 1.66. The number of nitrogens with one attached hydrogen (secondary N) is 2. The van der Waals surface area contributed by atoms with Crippen LogP contribution in [0.1, 0.15) is 19.4 Å². The second kappa shape index (κ2) is 6.90. The molecule has 2 rings (SSSR count). The van der Waals surface area contributed by atoms with Gasteiger partial charge in [0.25, 0.3) is 0 Å². The Morgan fingerprint density at radius 3 is 2.65 bits per heavy atom. The van der Waals surface area contributed by atoms with Gasteiger partial charge in [0.15, 0.2) is 0 Å². The Hall–Kier alpha value is -1.33. The van der Waals surface area contributed by atoms with Gasteiger partial charge in [-0.2, -0.15) is 0 Å². The lowest BCUT2D eigenvalue weighted by Gasteiger charge is -2.14. The quantitative estimate of drug-likeness (QED) is 0.821. The van der Waals surface area contributed by atoms with Crippen molar-refractivity contribution in [3.05, 3.63) is 39.6 Å². The van der Waals surface area contributed by atoms with Crippen LogP contribution in [0.15, 0.2) is 29.0 Å². The smallest absolute Gasteiger partial charge is 0.139 e. The van der Waals surface area contributed by atoms with E-state index >= 15 is 0 Å². The number of nitrogens with zero attached hydrogens (tertiary/aromatic N) is 2. The summed E-state index contributed by atoms with van der Waals surface area (Å²) in [6.07, 6.45) is 2.39. The molecule has 0 unspecified atom stereocenters. The molecule has 2 N–H and O–H groups in total. The van der Waals surface area contributed by atoms with Crippen LogP contribution in [0.4, 0.5) is 17.3 Å². The van der Waals surface area contributed by atoms with Gasteiger partial charge in [0.2, 0.25) is 0 Å². The molecule has 4 nitrogen and oxygen atoms in total. The lowest BCUT2D eigenvalue weighted by molar-refractivity contribution is 1.03. The Kier molecular flexibility index (Phi) is 5.20. The lowest BCUT2D eigenvalue weighted by atomic mass is 10.2. The van der Waals surface area contributed by atoms with Gasteiger partial charge in [0.1, 0.15) is 18.0 Å². The zero-order valence-electron chi connectivity index (χ0n) is 11.4. The van der Waals surface area contributed by atoms with E-state index in [-0.39, 0.29) is 0 Å². The van der Waals surface area contributed by atoms with Crippen molar-refractivity contribution in [2.24, 2.45) is 0 Å². The third-order valence-electron chi connectivity index (χ3n) is 2.82. The van der Waals surface area contributed by atoms with E-state index < -0.39 is 0 Å². The Labute approximate surface area is 132 Å². The van der Waals surface area contributed by atoms with Crippen LogP contribution in [0.2, 0.25) is 5.02 Å². The summed E-state index contributed by atoms with van der Waals surface area (Å²) in [5.41, 5.74) is 1.94. The highest BCUT2D eigenvalue weighted by atomic mass is 79.9. The molecule has 6 heteroatoms. The molecule has 0 aliphatic carbocycles. The highest BCUT2D eigenvalue weighted by molar-refractivity contribution is 9.10. The highest BCUT2D eigenvalue weighted by Crippen LogP contribution is 2.30. The molecule has 0 aliphatic heterocycles. The lowest BCUT2D eigenvalue weighted by Crippen LogP contribution is -2.07. The largest absolute Gasteiger partial charge is 0.370 e. The minimum atomic E-state index is 0.676. The number of benzene rings is 1. The average molecular weight is 356 g/mol. The molecule has 0 saturated carbocycles. The zero-order chi connectivity index (χ0) is 14.5. The number of hydrogen-bond donors (Lipinski definition) is 2. The fourth-order valence-electron chi connectivity index (χ4n) is 1.90. The van der Waals surface area contributed by atoms with E-state index in [0.717, 1.165) is 40.3 Å². The van der Waals surface area contributed by atoms with Crippen molar-refractivity contribution in [2.75, 3.05) is 17.2 Å². The van der Waals surface area contributed by atoms with Crippen LogP contribution in [-0.4, -0.2) is 16.5 Å². The van der Waals surface area contributed by atoms with Crippen LogP contribution in [0.5, 0.6) is 0 Å². The maximum Gasteiger partial charge on any atom is 0.139 e. The van der Waals surface area contributed by atoms with Gasteiger partial charge >= 0.3 is 0 Å². The number of halogens is 2. The molecular formula is C14H16BrClN4. The van der Waals surface area contributed by atoms with Crippen LogP contribution >= 0.6 is 27.5 Å². The third kappa shape index (κ3) is 3.41.